The van der Waals surface area contributed by atoms with Crippen LogP contribution in [0.15, 0.2) is 18.3 Å². The third kappa shape index (κ3) is 3.15. The van der Waals surface area contributed by atoms with Crippen LogP contribution in [0.2, 0.25) is 0 Å². The van der Waals surface area contributed by atoms with Gasteiger partial charge in [-0.2, -0.15) is 5.26 Å². The largest absolute Gasteiger partial charge is 0.382 e. The second-order valence-corrected chi connectivity index (χ2v) is 4.27. The minimum absolute atomic E-state index is 0.370. The second kappa shape index (κ2) is 5.35. The summed E-state index contributed by atoms with van der Waals surface area (Å²) >= 11 is 0. The van der Waals surface area contributed by atoms with E-state index in [1.54, 1.807) is 24.6 Å². The zero-order valence-electron chi connectivity index (χ0n) is 7.86. The molecule has 0 saturated carbocycles. The lowest BCUT2D eigenvalue weighted by molar-refractivity contribution is 0.687. The van der Waals surface area contributed by atoms with E-state index in [0.29, 0.717) is 23.7 Å². The molecule has 0 radical (unpaired) electrons. The first-order valence-corrected chi connectivity index (χ1v) is 5.86. The quantitative estimate of drug-likeness (QED) is 0.794. The van der Waals surface area contributed by atoms with Gasteiger partial charge in [-0.15, -0.1) is 0 Å². The summed E-state index contributed by atoms with van der Waals surface area (Å²) in [4.78, 5) is 3.90. The lowest BCUT2D eigenvalue weighted by Gasteiger charge is -2.05. The summed E-state index contributed by atoms with van der Waals surface area (Å²) in [6, 6.07) is 5.52. The standard InChI is InChI=1S/C9H11N3OS/c1-14(13)6-5-12-8-3-2-4-11-9(8)7-10/h2-4,12H,5-6H2,1H3. The number of hydrogen-bond donors (Lipinski definition) is 1. The number of nitriles is 1. The molecule has 5 heteroatoms. The summed E-state index contributed by atoms with van der Waals surface area (Å²) in [5.74, 6) is 0.569. The van der Waals surface area contributed by atoms with Gasteiger partial charge in [-0.05, 0) is 12.1 Å². The first-order chi connectivity index (χ1) is 6.74. The van der Waals surface area contributed by atoms with Crippen molar-refractivity contribution in [2.45, 2.75) is 0 Å². The average molecular weight is 209 g/mol. The zero-order valence-corrected chi connectivity index (χ0v) is 8.67. The highest BCUT2D eigenvalue weighted by molar-refractivity contribution is 7.84. The smallest absolute Gasteiger partial charge is 0.163 e. The number of nitrogens with zero attached hydrogens (tertiary/aromatic N) is 2. The maximum absolute atomic E-state index is 10.8. The third-order valence-corrected chi connectivity index (χ3v) is 2.40. The van der Waals surface area contributed by atoms with Crippen LogP contribution in [0.5, 0.6) is 0 Å². The molecular formula is C9H11N3OS. The topological polar surface area (TPSA) is 65.8 Å². The predicted molar refractivity (Wildman–Crippen MR) is 56.4 cm³/mol. The molecule has 0 amide bonds. The van der Waals surface area contributed by atoms with Gasteiger partial charge in [0.05, 0.1) is 5.69 Å². The number of rotatable bonds is 4. The molecule has 1 unspecified atom stereocenters. The molecule has 1 aromatic heterocycles. The van der Waals surface area contributed by atoms with Crippen LogP contribution >= 0.6 is 0 Å². The van der Waals surface area contributed by atoms with Crippen LogP contribution in [0.3, 0.4) is 0 Å². The Bertz CT molecular complexity index is 373. The molecule has 1 aromatic rings. The van der Waals surface area contributed by atoms with Gasteiger partial charge in [0.1, 0.15) is 6.07 Å². The predicted octanol–water partition coefficient (Wildman–Crippen LogP) is 0.744. The molecule has 0 aliphatic carbocycles. The van der Waals surface area contributed by atoms with Crippen molar-refractivity contribution >= 4 is 16.5 Å². The summed E-state index contributed by atoms with van der Waals surface area (Å²) in [6.45, 7) is 0.587. The van der Waals surface area contributed by atoms with Gasteiger partial charge in [-0.25, -0.2) is 4.98 Å². The fraction of sp³-hybridized carbons (Fsp3) is 0.333. The lowest BCUT2D eigenvalue weighted by atomic mass is 10.3. The third-order valence-electron chi connectivity index (χ3n) is 1.62. The molecule has 0 aliphatic heterocycles. The molecule has 14 heavy (non-hydrogen) atoms. The highest BCUT2D eigenvalue weighted by atomic mass is 32.2. The normalized spacial score (nSPS) is 11.7. The van der Waals surface area contributed by atoms with Gasteiger partial charge in [-0.3, -0.25) is 4.21 Å². The van der Waals surface area contributed by atoms with Crippen molar-refractivity contribution in [1.29, 1.82) is 5.26 Å². The van der Waals surface area contributed by atoms with E-state index in [-0.39, 0.29) is 0 Å². The molecule has 4 nitrogen and oxygen atoms in total. The van der Waals surface area contributed by atoms with Crippen molar-refractivity contribution in [3.05, 3.63) is 24.0 Å². The summed E-state index contributed by atoms with van der Waals surface area (Å²) < 4.78 is 10.8. The van der Waals surface area contributed by atoms with Crippen LogP contribution in [0.4, 0.5) is 5.69 Å². The van der Waals surface area contributed by atoms with Gasteiger partial charge in [0.2, 0.25) is 0 Å². The molecule has 1 rings (SSSR count). The Kier molecular flexibility index (Phi) is 4.08. The van der Waals surface area contributed by atoms with Gasteiger partial charge in [-0.1, -0.05) is 0 Å². The molecule has 0 aromatic carbocycles. The molecule has 1 atom stereocenters. The molecular weight excluding hydrogens is 198 g/mol. The van der Waals surface area contributed by atoms with Gasteiger partial charge in [0, 0.05) is 35.5 Å². The fourth-order valence-corrected chi connectivity index (χ4v) is 1.36. The Morgan fingerprint density at radius 3 is 3.14 bits per heavy atom. The van der Waals surface area contributed by atoms with Crippen LogP contribution in [0.1, 0.15) is 5.69 Å². The Morgan fingerprint density at radius 1 is 1.71 bits per heavy atom. The van der Waals surface area contributed by atoms with E-state index in [1.807, 2.05) is 6.07 Å². The van der Waals surface area contributed by atoms with Crippen LogP contribution < -0.4 is 5.32 Å². The van der Waals surface area contributed by atoms with E-state index in [9.17, 15) is 4.21 Å². The number of anilines is 1. The van der Waals surface area contributed by atoms with E-state index in [1.165, 1.54) is 0 Å². The molecule has 0 bridgehead atoms. The van der Waals surface area contributed by atoms with Crippen LogP contribution in [0, 0.1) is 11.3 Å². The SMILES string of the molecule is CS(=O)CCNc1cccnc1C#N. The van der Waals surface area contributed by atoms with Crippen molar-refractivity contribution < 1.29 is 4.21 Å². The Morgan fingerprint density at radius 2 is 2.50 bits per heavy atom. The van der Waals surface area contributed by atoms with E-state index in [0.717, 1.165) is 0 Å². The maximum atomic E-state index is 10.8. The number of nitrogens with one attached hydrogen (secondary N) is 1. The van der Waals surface area contributed by atoms with E-state index >= 15 is 0 Å². The number of hydrogen-bond acceptors (Lipinski definition) is 4. The fourth-order valence-electron chi connectivity index (χ4n) is 0.966. The monoisotopic (exact) mass is 209 g/mol. The molecule has 0 spiro atoms. The first-order valence-electron chi connectivity index (χ1n) is 4.13. The molecule has 1 N–H and O–H groups in total. The van der Waals surface area contributed by atoms with Crippen molar-refractivity contribution in [2.75, 3.05) is 23.9 Å². The maximum Gasteiger partial charge on any atom is 0.163 e. The van der Waals surface area contributed by atoms with Crippen molar-refractivity contribution in [3.8, 4) is 6.07 Å². The van der Waals surface area contributed by atoms with E-state index in [4.69, 9.17) is 5.26 Å². The van der Waals surface area contributed by atoms with Crippen molar-refractivity contribution in [3.63, 3.8) is 0 Å². The minimum Gasteiger partial charge on any atom is -0.382 e. The molecule has 0 aliphatic rings. The average Bonchev–Trinajstić information content (AvgIpc) is 2.18. The second-order valence-electron chi connectivity index (χ2n) is 2.72. The Hall–Kier alpha value is -1.41. The van der Waals surface area contributed by atoms with Gasteiger partial charge in [0.25, 0.3) is 0 Å². The zero-order chi connectivity index (χ0) is 10.4. The summed E-state index contributed by atoms with van der Waals surface area (Å²) in [5, 5.41) is 11.7. The van der Waals surface area contributed by atoms with E-state index < -0.39 is 10.8 Å². The summed E-state index contributed by atoms with van der Waals surface area (Å²) in [6.07, 6.45) is 3.22. The van der Waals surface area contributed by atoms with Crippen molar-refractivity contribution in [1.82, 2.24) is 4.98 Å². The van der Waals surface area contributed by atoms with Crippen LogP contribution in [-0.4, -0.2) is 27.7 Å². The highest BCUT2D eigenvalue weighted by Crippen LogP contribution is 2.09. The Labute approximate surface area is 85.4 Å². The molecule has 1 heterocycles. The number of aromatic nitrogens is 1. The van der Waals surface area contributed by atoms with Gasteiger partial charge < -0.3 is 5.32 Å². The first kappa shape index (κ1) is 10.7. The van der Waals surface area contributed by atoms with Gasteiger partial charge >= 0.3 is 0 Å². The van der Waals surface area contributed by atoms with E-state index in [2.05, 4.69) is 10.3 Å². The minimum atomic E-state index is -0.814. The van der Waals surface area contributed by atoms with Gasteiger partial charge in [0.15, 0.2) is 5.69 Å². The molecule has 0 fully saturated rings. The van der Waals surface area contributed by atoms with Crippen LogP contribution in [-0.2, 0) is 10.8 Å². The highest BCUT2D eigenvalue weighted by Gasteiger charge is 2.00. The van der Waals surface area contributed by atoms with Crippen LogP contribution in [0.25, 0.3) is 0 Å². The summed E-state index contributed by atoms with van der Waals surface area (Å²) in [7, 11) is -0.814. The Balaban J connectivity index is 2.59. The molecule has 0 saturated heterocycles. The number of pyridine rings is 1. The summed E-state index contributed by atoms with van der Waals surface area (Å²) in [5.41, 5.74) is 1.06. The van der Waals surface area contributed by atoms with Crippen molar-refractivity contribution in [2.24, 2.45) is 0 Å². The molecule has 74 valence electrons. The lowest BCUT2D eigenvalue weighted by Crippen LogP contribution is -2.10.